The number of hydrogen-bond acceptors (Lipinski definition) is 4. The monoisotopic (exact) mass is 257 g/mol. The second-order valence-electron chi connectivity index (χ2n) is 4.00. The van der Waals surface area contributed by atoms with Crippen molar-refractivity contribution in [2.75, 3.05) is 19.8 Å². The van der Waals surface area contributed by atoms with Crippen molar-refractivity contribution >= 4 is 18.7 Å². The van der Waals surface area contributed by atoms with Crippen LogP contribution in [0.4, 0.5) is 0 Å². The van der Waals surface area contributed by atoms with Gasteiger partial charge in [-0.2, -0.15) is 0 Å². The van der Waals surface area contributed by atoms with Gasteiger partial charge in [-0.15, -0.1) is 12.4 Å². The predicted octanol–water partition coefficient (Wildman–Crippen LogP) is 1.64. The van der Waals surface area contributed by atoms with Crippen molar-refractivity contribution in [3.8, 4) is 5.75 Å². The summed E-state index contributed by atoms with van der Waals surface area (Å²) in [5.41, 5.74) is 0.159. The molecule has 0 unspecified atom stereocenters. The lowest BCUT2D eigenvalue weighted by Gasteiger charge is -2.35. The predicted molar refractivity (Wildman–Crippen MR) is 66.9 cm³/mol. The standard InChI is InChI=1S/C12H15NO3.ClH/c1-12(9-15-7-6-13-12)16-11-4-2-10(8-14)3-5-11;/h2-5,8,13H,6-7,9H2,1H3;1H/t12-;/m1./s1. The zero-order valence-electron chi connectivity index (χ0n) is 9.64. The summed E-state index contributed by atoms with van der Waals surface area (Å²) in [6.07, 6.45) is 0.813. The van der Waals surface area contributed by atoms with Crippen molar-refractivity contribution in [1.29, 1.82) is 0 Å². The molecule has 1 aliphatic rings. The van der Waals surface area contributed by atoms with E-state index in [2.05, 4.69) is 5.32 Å². The summed E-state index contributed by atoms with van der Waals surface area (Å²) in [4.78, 5) is 10.5. The van der Waals surface area contributed by atoms with Crippen LogP contribution in [0.25, 0.3) is 0 Å². The van der Waals surface area contributed by atoms with Gasteiger partial charge in [-0.3, -0.25) is 10.1 Å². The summed E-state index contributed by atoms with van der Waals surface area (Å²) in [5, 5.41) is 3.26. The van der Waals surface area contributed by atoms with Crippen LogP contribution in [-0.2, 0) is 4.74 Å². The van der Waals surface area contributed by atoms with E-state index in [1.54, 1.807) is 24.3 Å². The average Bonchev–Trinajstić information content (AvgIpc) is 2.30. The molecule has 17 heavy (non-hydrogen) atoms. The van der Waals surface area contributed by atoms with E-state index in [9.17, 15) is 4.79 Å². The molecule has 0 aromatic heterocycles. The average molecular weight is 258 g/mol. The van der Waals surface area contributed by atoms with E-state index in [1.807, 2.05) is 6.92 Å². The molecule has 1 aromatic carbocycles. The maximum atomic E-state index is 10.5. The summed E-state index contributed by atoms with van der Waals surface area (Å²) < 4.78 is 11.1. The molecule has 0 aliphatic carbocycles. The van der Waals surface area contributed by atoms with Gasteiger partial charge in [0.15, 0.2) is 5.72 Å². The molecule has 1 atom stereocenters. The van der Waals surface area contributed by atoms with Crippen molar-refractivity contribution < 1.29 is 14.3 Å². The lowest BCUT2D eigenvalue weighted by atomic mass is 10.2. The van der Waals surface area contributed by atoms with Crippen LogP contribution in [0.1, 0.15) is 17.3 Å². The number of rotatable bonds is 3. The Hall–Kier alpha value is -1.10. The van der Waals surface area contributed by atoms with Gasteiger partial charge in [0.05, 0.1) is 6.61 Å². The molecule has 1 aromatic rings. The third-order valence-corrected chi connectivity index (χ3v) is 2.48. The van der Waals surface area contributed by atoms with E-state index < -0.39 is 5.72 Å². The summed E-state index contributed by atoms with van der Waals surface area (Å²) in [5.74, 6) is 0.728. The van der Waals surface area contributed by atoms with Gasteiger partial charge in [-0.1, -0.05) is 0 Å². The van der Waals surface area contributed by atoms with Crippen molar-refractivity contribution in [3.63, 3.8) is 0 Å². The first-order valence-electron chi connectivity index (χ1n) is 5.29. The quantitative estimate of drug-likeness (QED) is 0.837. The molecule has 94 valence electrons. The molecule has 0 radical (unpaired) electrons. The zero-order chi connectivity index (χ0) is 11.4. The first-order chi connectivity index (χ1) is 7.72. The Balaban J connectivity index is 0.00000144. The first kappa shape index (κ1) is 14.0. The van der Waals surface area contributed by atoms with E-state index in [1.165, 1.54) is 0 Å². The van der Waals surface area contributed by atoms with Crippen molar-refractivity contribution in [3.05, 3.63) is 29.8 Å². The molecule has 0 amide bonds. The number of carbonyl (C=O) groups excluding carboxylic acids is 1. The Bertz CT molecular complexity index is 361. The second-order valence-corrected chi connectivity index (χ2v) is 4.00. The van der Waals surface area contributed by atoms with E-state index in [4.69, 9.17) is 9.47 Å². The topological polar surface area (TPSA) is 47.6 Å². The molecule has 4 nitrogen and oxygen atoms in total. The van der Waals surface area contributed by atoms with E-state index in [-0.39, 0.29) is 12.4 Å². The third-order valence-electron chi connectivity index (χ3n) is 2.48. The molecule has 5 heteroatoms. The molecule has 2 rings (SSSR count). The SMILES string of the molecule is C[C@@]1(Oc2ccc(C=O)cc2)COCCN1.Cl. The van der Waals surface area contributed by atoms with Gasteiger partial charge in [0.25, 0.3) is 0 Å². The smallest absolute Gasteiger partial charge is 0.181 e. The Kier molecular flexibility index (Phi) is 4.93. The van der Waals surface area contributed by atoms with Crippen LogP contribution in [0.3, 0.4) is 0 Å². The van der Waals surface area contributed by atoms with Gasteiger partial charge in [0, 0.05) is 12.1 Å². The van der Waals surface area contributed by atoms with Crippen LogP contribution in [0.5, 0.6) is 5.75 Å². The highest BCUT2D eigenvalue weighted by atomic mass is 35.5. The Labute approximate surface area is 107 Å². The maximum absolute atomic E-state index is 10.5. The molecule has 0 saturated carbocycles. The van der Waals surface area contributed by atoms with E-state index in [0.717, 1.165) is 18.6 Å². The number of benzene rings is 1. The Morgan fingerprint density at radius 2 is 2.12 bits per heavy atom. The lowest BCUT2D eigenvalue weighted by molar-refractivity contribution is -0.0702. The van der Waals surface area contributed by atoms with Gasteiger partial charge < -0.3 is 9.47 Å². The highest BCUT2D eigenvalue weighted by Gasteiger charge is 2.28. The van der Waals surface area contributed by atoms with Crippen LogP contribution in [0.15, 0.2) is 24.3 Å². The van der Waals surface area contributed by atoms with Crippen LogP contribution >= 0.6 is 12.4 Å². The summed E-state index contributed by atoms with van der Waals surface area (Å²) in [6, 6.07) is 7.03. The van der Waals surface area contributed by atoms with Gasteiger partial charge in [-0.05, 0) is 31.2 Å². The molecule has 0 bridgehead atoms. The number of aldehydes is 1. The molecule has 1 heterocycles. The van der Waals surface area contributed by atoms with Gasteiger partial charge in [-0.25, -0.2) is 0 Å². The third kappa shape index (κ3) is 3.70. The summed E-state index contributed by atoms with van der Waals surface area (Å²) >= 11 is 0. The highest BCUT2D eigenvalue weighted by Crippen LogP contribution is 2.18. The van der Waals surface area contributed by atoms with Crippen LogP contribution < -0.4 is 10.1 Å². The lowest BCUT2D eigenvalue weighted by Crippen LogP contribution is -2.56. The minimum Gasteiger partial charge on any atom is -0.471 e. The fourth-order valence-electron chi connectivity index (χ4n) is 1.65. The number of halogens is 1. The van der Waals surface area contributed by atoms with Crippen molar-refractivity contribution in [1.82, 2.24) is 5.32 Å². The fourth-order valence-corrected chi connectivity index (χ4v) is 1.65. The second kappa shape index (κ2) is 6.00. The number of nitrogens with one attached hydrogen (secondary N) is 1. The van der Waals surface area contributed by atoms with Crippen LogP contribution in [-0.4, -0.2) is 31.8 Å². The normalized spacial score (nSPS) is 23.6. The summed E-state index contributed by atoms with van der Waals surface area (Å²) in [7, 11) is 0. The maximum Gasteiger partial charge on any atom is 0.181 e. The Morgan fingerprint density at radius 3 is 2.65 bits per heavy atom. The molecular weight excluding hydrogens is 242 g/mol. The molecule has 1 fully saturated rings. The van der Waals surface area contributed by atoms with Gasteiger partial charge >= 0.3 is 0 Å². The highest BCUT2D eigenvalue weighted by molar-refractivity contribution is 5.85. The van der Waals surface area contributed by atoms with Crippen LogP contribution in [0, 0.1) is 0 Å². The zero-order valence-corrected chi connectivity index (χ0v) is 10.5. The van der Waals surface area contributed by atoms with Crippen molar-refractivity contribution in [2.45, 2.75) is 12.6 Å². The molecular formula is C12H16ClNO3. The molecule has 1 saturated heterocycles. The summed E-state index contributed by atoms with van der Waals surface area (Å²) in [6.45, 7) is 3.95. The Morgan fingerprint density at radius 1 is 1.41 bits per heavy atom. The number of morpholine rings is 1. The number of ether oxygens (including phenoxy) is 2. The van der Waals surface area contributed by atoms with Crippen molar-refractivity contribution in [2.24, 2.45) is 0 Å². The van der Waals surface area contributed by atoms with Gasteiger partial charge in [0.2, 0.25) is 0 Å². The first-order valence-corrected chi connectivity index (χ1v) is 5.29. The minimum atomic E-state index is -0.485. The van der Waals surface area contributed by atoms with E-state index in [0.29, 0.717) is 18.8 Å². The van der Waals surface area contributed by atoms with Crippen LogP contribution in [0.2, 0.25) is 0 Å². The molecule has 0 spiro atoms. The largest absolute Gasteiger partial charge is 0.471 e. The van der Waals surface area contributed by atoms with Gasteiger partial charge in [0.1, 0.15) is 18.6 Å². The fraction of sp³-hybridized carbons (Fsp3) is 0.417. The van der Waals surface area contributed by atoms with E-state index >= 15 is 0 Å². The number of carbonyl (C=O) groups is 1. The molecule has 1 N–H and O–H groups in total. The number of hydrogen-bond donors (Lipinski definition) is 1. The molecule has 1 aliphatic heterocycles. The minimum absolute atomic E-state index is 0.